The minimum absolute atomic E-state index is 0.695. The molecule has 0 atom stereocenters. The molecule has 2 aromatic heterocycles. The number of ether oxygens (including phenoxy) is 1. The topological polar surface area (TPSA) is 42.6 Å². The molecular weight excluding hydrogens is 355 g/mol. The highest BCUT2D eigenvalue weighted by molar-refractivity contribution is 14.1. The van der Waals surface area contributed by atoms with Gasteiger partial charge in [-0.15, -0.1) is 0 Å². The number of rotatable bonds is 5. The summed E-state index contributed by atoms with van der Waals surface area (Å²) in [4.78, 5) is 10.8. The largest absolute Gasteiger partial charge is 0.383 e. The van der Waals surface area contributed by atoms with Crippen LogP contribution < -0.4 is 0 Å². The van der Waals surface area contributed by atoms with Crippen LogP contribution in [-0.2, 0) is 11.3 Å². The minimum atomic E-state index is 0.695. The maximum Gasteiger partial charge on any atom is 0.154 e. The van der Waals surface area contributed by atoms with Gasteiger partial charge in [0, 0.05) is 33.9 Å². The quantitative estimate of drug-likeness (QED) is 0.460. The SMILES string of the molecule is COCCn1cc(I)c2nc(N=CN(C)C)ccc21. The van der Waals surface area contributed by atoms with E-state index in [-0.39, 0.29) is 0 Å². The van der Waals surface area contributed by atoms with Crippen LogP contribution in [0.25, 0.3) is 11.0 Å². The van der Waals surface area contributed by atoms with Crippen molar-refractivity contribution in [3.8, 4) is 0 Å². The molecule has 19 heavy (non-hydrogen) atoms. The van der Waals surface area contributed by atoms with E-state index in [2.05, 4.69) is 49.4 Å². The first-order chi connectivity index (χ1) is 9.11. The standard InChI is InChI=1S/C13H17IN4O/c1-17(2)9-15-12-5-4-11-13(16-12)10(14)8-18(11)6-7-19-3/h4-5,8-9H,6-7H2,1-3H3. The van der Waals surface area contributed by atoms with Crippen LogP contribution in [0.1, 0.15) is 0 Å². The zero-order valence-corrected chi connectivity index (χ0v) is 13.5. The van der Waals surface area contributed by atoms with E-state index in [0.29, 0.717) is 6.61 Å². The number of aromatic nitrogens is 2. The second-order valence-electron chi connectivity index (χ2n) is 4.41. The lowest BCUT2D eigenvalue weighted by molar-refractivity contribution is 0.188. The third kappa shape index (κ3) is 3.44. The first kappa shape index (κ1) is 14.3. The van der Waals surface area contributed by atoms with E-state index >= 15 is 0 Å². The van der Waals surface area contributed by atoms with Crippen molar-refractivity contribution in [3.63, 3.8) is 0 Å². The molecule has 0 saturated heterocycles. The van der Waals surface area contributed by atoms with Gasteiger partial charge in [-0.1, -0.05) is 0 Å². The third-order valence-corrected chi connectivity index (χ3v) is 3.41. The van der Waals surface area contributed by atoms with Crippen LogP contribution in [0.4, 0.5) is 5.82 Å². The number of hydrogen-bond acceptors (Lipinski definition) is 3. The normalized spacial score (nSPS) is 11.6. The number of pyridine rings is 1. The summed E-state index contributed by atoms with van der Waals surface area (Å²) in [6, 6.07) is 3.99. The molecule has 102 valence electrons. The Labute approximate surface area is 126 Å². The van der Waals surface area contributed by atoms with Crippen LogP contribution in [0.2, 0.25) is 0 Å². The fourth-order valence-electron chi connectivity index (χ4n) is 1.74. The van der Waals surface area contributed by atoms with E-state index in [1.54, 1.807) is 13.4 Å². The fourth-order valence-corrected chi connectivity index (χ4v) is 2.47. The first-order valence-electron chi connectivity index (χ1n) is 5.96. The molecule has 6 heteroatoms. The van der Waals surface area contributed by atoms with E-state index in [1.165, 1.54) is 0 Å². The molecule has 0 spiro atoms. The van der Waals surface area contributed by atoms with Gasteiger partial charge >= 0.3 is 0 Å². The Morgan fingerprint density at radius 1 is 1.47 bits per heavy atom. The summed E-state index contributed by atoms with van der Waals surface area (Å²) in [6.07, 6.45) is 3.85. The number of hydrogen-bond donors (Lipinski definition) is 0. The fraction of sp³-hybridized carbons (Fsp3) is 0.385. The van der Waals surface area contributed by atoms with Crippen molar-refractivity contribution < 1.29 is 4.74 Å². The molecule has 0 aromatic carbocycles. The molecule has 0 aliphatic rings. The molecule has 2 heterocycles. The van der Waals surface area contributed by atoms with Gasteiger partial charge in [0.05, 0.1) is 22.0 Å². The van der Waals surface area contributed by atoms with Crippen LogP contribution in [0.15, 0.2) is 23.3 Å². The number of aliphatic imine (C=N–C) groups is 1. The Balaban J connectivity index is 2.35. The van der Waals surface area contributed by atoms with E-state index in [1.807, 2.05) is 25.1 Å². The molecule has 0 unspecified atom stereocenters. The van der Waals surface area contributed by atoms with E-state index < -0.39 is 0 Å². The van der Waals surface area contributed by atoms with Crippen molar-refractivity contribution in [1.29, 1.82) is 0 Å². The van der Waals surface area contributed by atoms with Crippen LogP contribution in [0, 0.1) is 3.57 Å². The molecule has 5 nitrogen and oxygen atoms in total. The molecule has 0 aliphatic heterocycles. The molecule has 2 rings (SSSR count). The van der Waals surface area contributed by atoms with Gasteiger partial charge in [-0.2, -0.15) is 0 Å². The van der Waals surface area contributed by atoms with Crippen molar-refractivity contribution in [1.82, 2.24) is 14.5 Å². The summed E-state index contributed by atoms with van der Waals surface area (Å²) in [5.74, 6) is 0.726. The summed E-state index contributed by atoms with van der Waals surface area (Å²) in [6.45, 7) is 1.53. The highest BCUT2D eigenvalue weighted by Gasteiger charge is 2.08. The lowest BCUT2D eigenvalue weighted by Crippen LogP contribution is -2.07. The van der Waals surface area contributed by atoms with E-state index in [9.17, 15) is 0 Å². The Morgan fingerprint density at radius 2 is 2.26 bits per heavy atom. The maximum atomic E-state index is 5.12. The second kappa shape index (κ2) is 6.33. The smallest absolute Gasteiger partial charge is 0.154 e. The van der Waals surface area contributed by atoms with Gasteiger partial charge in [-0.3, -0.25) is 0 Å². The van der Waals surface area contributed by atoms with Gasteiger partial charge in [-0.25, -0.2) is 9.98 Å². The predicted molar refractivity (Wildman–Crippen MR) is 86.2 cm³/mol. The average molecular weight is 372 g/mol. The molecule has 0 amide bonds. The van der Waals surface area contributed by atoms with E-state index in [0.717, 1.165) is 27.0 Å². The van der Waals surface area contributed by atoms with Gasteiger partial charge in [0.15, 0.2) is 5.82 Å². The molecule has 0 saturated carbocycles. The van der Waals surface area contributed by atoms with Crippen molar-refractivity contribution in [2.24, 2.45) is 4.99 Å². The Kier molecular flexibility index (Phi) is 4.76. The van der Waals surface area contributed by atoms with E-state index in [4.69, 9.17) is 4.74 Å². The van der Waals surface area contributed by atoms with Gasteiger partial charge < -0.3 is 14.2 Å². The highest BCUT2D eigenvalue weighted by Crippen LogP contribution is 2.23. The van der Waals surface area contributed by atoms with Crippen molar-refractivity contribution in [3.05, 3.63) is 21.9 Å². The lowest BCUT2D eigenvalue weighted by atomic mass is 10.3. The summed E-state index contributed by atoms with van der Waals surface area (Å²) >= 11 is 2.30. The molecule has 0 bridgehead atoms. The van der Waals surface area contributed by atoms with Gasteiger partial charge in [0.2, 0.25) is 0 Å². The van der Waals surface area contributed by atoms with Crippen LogP contribution in [0.5, 0.6) is 0 Å². The molecular formula is C13H17IN4O. The molecule has 0 radical (unpaired) electrons. The summed E-state index contributed by atoms with van der Waals surface area (Å²) < 4.78 is 8.41. The maximum absolute atomic E-state index is 5.12. The van der Waals surface area contributed by atoms with Gasteiger partial charge in [0.25, 0.3) is 0 Å². The molecule has 0 N–H and O–H groups in total. The highest BCUT2D eigenvalue weighted by atomic mass is 127. The van der Waals surface area contributed by atoms with Gasteiger partial charge in [0.1, 0.15) is 5.52 Å². The zero-order chi connectivity index (χ0) is 13.8. The average Bonchev–Trinajstić information content (AvgIpc) is 2.70. The minimum Gasteiger partial charge on any atom is -0.383 e. The number of halogens is 1. The van der Waals surface area contributed by atoms with Crippen LogP contribution >= 0.6 is 22.6 Å². The second-order valence-corrected chi connectivity index (χ2v) is 5.57. The first-order valence-corrected chi connectivity index (χ1v) is 7.04. The van der Waals surface area contributed by atoms with Gasteiger partial charge in [-0.05, 0) is 34.7 Å². The Hall–Kier alpha value is -1.15. The molecule has 0 aliphatic carbocycles. The molecule has 2 aromatic rings. The lowest BCUT2D eigenvalue weighted by Gasteiger charge is -2.04. The number of nitrogens with zero attached hydrogens (tertiary/aromatic N) is 4. The van der Waals surface area contributed by atoms with Crippen LogP contribution in [0.3, 0.4) is 0 Å². The molecule has 0 fully saturated rings. The van der Waals surface area contributed by atoms with Crippen molar-refractivity contribution in [2.75, 3.05) is 27.8 Å². The summed E-state index contributed by atoms with van der Waals surface area (Å²) in [7, 11) is 5.59. The van der Waals surface area contributed by atoms with Crippen molar-refractivity contribution >= 4 is 45.8 Å². The monoisotopic (exact) mass is 372 g/mol. The number of fused-ring (bicyclic) bond motifs is 1. The predicted octanol–water partition coefficient (Wildman–Crippen LogP) is 2.51. The zero-order valence-electron chi connectivity index (χ0n) is 11.3. The Morgan fingerprint density at radius 3 is 2.95 bits per heavy atom. The summed E-state index contributed by atoms with van der Waals surface area (Å²) in [5.41, 5.74) is 2.11. The third-order valence-electron chi connectivity index (χ3n) is 2.62. The Bertz CT molecular complexity index is 592. The van der Waals surface area contributed by atoms with Crippen LogP contribution in [-0.4, -0.2) is 48.6 Å². The van der Waals surface area contributed by atoms with Crippen molar-refractivity contribution in [2.45, 2.75) is 6.54 Å². The summed E-state index contributed by atoms with van der Waals surface area (Å²) in [5, 5.41) is 0. The number of methoxy groups -OCH3 is 1.